The number of methoxy groups -OCH3 is 1. The molecule has 0 aliphatic rings. The van der Waals surface area contributed by atoms with Gasteiger partial charge < -0.3 is 10.1 Å². The first-order valence-corrected chi connectivity index (χ1v) is 6.96. The van der Waals surface area contributed by atoms with Gasteiger partial charge in [-0.1, -0.05) is 30.7 Å². The van der Waals surface area contributed by atoms with Crippen molar-refractivity contribution >= 4 is 11.6 Å². The van der Waals surface area contributed by atoms with Crippen LogP contribution in [0.4, 0.5) is 8.78 Å². The second-order valence-electron chi connectivity index (χ2n) is 4.54. The van der Waals surface area contributed by atoms with Crippen molar-refractivity contribution in [3.63, 3.8) is 0 Å². The fourth-order valence-electron chi connectivity index (χ4n) is 2.20. The molecule has 2 aromatic rings. The summed E-state index contributed by atoms with van der Waals surface area (Å²) < 4.78 is 32.2. The molecule has 1 N–H and O–H groups in total. The molecule has 2 nitrogen and oxygen atoms in total. The topological polar surface area (TPSA) is 21.3 Å². The number of benzene rings is 2. The van der Waals surface area contributed by atoms with Crippen LogP contribution in [0.15, 0.2) is 36.4 Å². The molecule has 0 spiro atoms. The lowest BCUT2D eigenvalue weighted by Crippen LogP contribution is -2.23. The molecule has 21 heavy (non-hydrogen) atoms. The zero-order chi connectivity index (χ0) is 15.4. The lowest BCUT2D eigenvalue weighted by molar-refractivity contribution is 0.414. The van der Waals surface area contributed by atoms with E-state index in [1.165, 1.54) is 12.1 Å². The van der Waals surface area contributed by atoms with Gasteiger partial charge >= 0.3 is 0 Å². The normalized spacial score (nSPS) is 12.2. The second-order valence-corrected chi connectivity index (χ2v) is 4.95. The third-order valence-corrected chi connectivity index (χ3v) is 3.53. The van der Waals surface area contributed by atoms with Crippen molar-refractivity contribution in [2.24, 2.45) is 0 Å². The summed E-state index contributed by atoms with van der Waals surface area (Å²) in [5, 5.41) is 3.63. The van der Waals surface area contributed by atoms with Crippen molar-refractivity contribution in [3.05, 3.63) is 64.2 Å². The summed E-state index contributed by atoms with van der Waals surface area (Å²) in [6, 6.07) is 8.29. The molecule has 0 aliphatic carbocycles. The maximum absolute atomic E-state index is 14.0. The Balaban J connectivity index is 2.48. The standard InChI is InChI=1S/C16H16ClF2NO/c1-3-20-16(13-6-4-10(18)8-15(13)19)12-7-5-11(21-2)9-14(12)17/h4-9,16,20H,3H2,1-2H3. The predicted octanol–water partition coefficient (Wildman–Crippen LogP) is 4.33. The second kappa shape index (κ2) is 6.87. The molecule has 1 unspecified atom stereocenters. The van der Waals surface area contributed by atoms with Crippen LogP contribution in [0.3, 0.4) is 0 Å². The number of ether oxygens (including phenoxy) is 1. The minimum Gasteiger partial charge on any atom is -0.497 e. The van der Waals surface area contributed by atoms with Crippen LogP contribution >= 0.6 is 11.6 Å². The Morgan fingerprint density at radius 2 is 1.86 bits per heavy atom. The van der Waals surface area contributed by atoms with Gasteiger partial charge in [0, 0.05) is 16.7 Å². The van der Waals surface area contributed by atoms with E-state index in [0.29, 0.717) is 28.4 Å². The Kier molecular flexibility index (Phi) is 5.15. The van der Waals surface area contributed by atoms with E-state index in [9.17, 15) is 8.78 Å². The molecule has 0 heterocycles. The van der Waals surface area contributed by atoms with Gasteiger partial charge in [0.25, 0.3) is 0 Å². The summed E-state index contributed by atoms with van der Waals surface area (Å²) in [6.07, 6.45) is 0. The molecule has 0 fully saturated rings. The van der Waals surface area contributed by atoms with E-state index in [1.54, 1.807) is 25.3 Å². The van der Waals surface area contributed by atoms with E-state index in [0.717, 1.165) is 6.07 Å². The summed E-state index contributed by atoms with van der Waals surface area (Å²) in [4.78, 5) is 0. The maximum Gasteiger partial charge on any atom is 0.131 e. The zero-order valence-electron chi connectivity index (χ0n) is 11.8. The van der Waals surface area contributed by atoms with Crippen molar-refractivity contribution in [1.82, 2.24) is 5.32 Å². The van der Waals surface area contributed by atoms with Crippen molar-refractivity contribution in [2.75, 3.05) is 13.7 Å². The highest BCUT2D eigenvalue weighted by Gasteiger charge is 2.20. The molecule has 0 aliphatic heterocycles. The van der Waals surface area contributed by atoms with E-state index in [-0.39, 0.29) is 0 Å². The molecule has 2 rings (SSSR count). The molecular weight excluding hydrogens is 296 g/mol. The third-order valence-electron chi connectivity index (χ3n) is 3.20. The lowest BCUT2D eigenvalue weighted by Gasteiger charge is -2.21. The highest BCUT2D eigenvalue weighted by atomic mass is 35.5. The molecule has 0 radical (unpaired) electrons. The van der Waals surface area contributed by atoms with Crippen molar-refractivity contribution in [2.45, 2.75) is 13.0 Å². The Morgan fingerprint density at radius 1 is 1.14 bits per heavy atom. The first kappa shape index (κ1) is 15.7. The number of nitrogens with one attached hydrogen (secondary N) is 1. The average Bonchev–Trinajstić information content (AvgIpc) is 2.46. The molecule has 1 atom stereocenters. The Hall–Kier alpha value is -1.65. The highest BCUT2D eigenvalue weighted by Crippen LogP contribution is 2.32. The quantitative estimate of drug-likeness (QED) is 0.887. The fourth-order valence-corrected chi connectivity index (χ4v) is 2.48. The van der Waals surface area contributed by atoms with Gasteiger partial charge in [-0.15, -0.1) is 0 Å². The van der Waals surface area contributed by atoms with Crippen LogP contribution in [-0.4, -0.2) is 13.7 Å². The van der Waals surface area contributed by atoms with Crippen LogP contribution in [-0.2, 0) is 0 Å². The number of hydrogen-bond donors (Lipinski definition) is 1. The van der Waals surface area contributed by atoms with Gasteiger partial charge in [0.1, 0.15) is 17.4 Å². The van der Waals surface area contributed by atoms with Crippen molar-refractivity contribution < 1.29 is 13.5 Å². The summed E-state index contributed by atoms with van der Waals surface area (Å²) in [6.45, 7) is 2.52. The maximum atomic E-state index is 14.0. The molecule has 0 aromatic heterocycles. The monoisotopic (exact) mass is 311 g/mol. The Morgan fingerprint density at radius 3 is 2.43 bits per heavy atom. The lowest BCUT2D eigenvalue weighted by atomic mass is 9.97. The minimum atomic E-state index is -0.604. The van der Waals surface area contributed by atoms with Crippen LogP contribution in [0, 0.1) is 11.6 Å². The molecule has 2 aromatic carbocycles. The summed E-state index contributed by atoms with van der Waals surface area (Å²) in [5.74, 6) is -0.585. The zero-order valence-corrected chi connectivity index (χ0v) is 12.5. The summed E-state index contributed by atoms with van der Waals surface area (Å²) in [5.41, 5.74) is 1.06. The van der Waals surface area contributed by atoms with E-state index in [1.807, 2.05) is 6.92 Å². The molecule has 0 saturated heterocycles. The van der Waals surface area contributed by atoms with Crippen LogP contribution in [0.1, 0.15) is 24.1 Å². The van der Waals surface area contributed by atoms with E-state index < -0.39 is 17.7 Å². The summed E-state index contributed by atoms with van der Waals surface area (Å²) >= 11 is 6.26. The number of hydrogen-bond acceptors (Lipinski definition) is 2. The largest absolute Gasteiger partial charge is 0.497 e. The van der Waals surface area contributed by atoms with Gasteiger partial charge in [-0.25, -0.2) is 8.78 Å². The van der Waals surface area contributed by atoms with Gasteiger partial charge in [-0.2, -0.15) is 0 Å². The molecule has 0 saturated carbocycles. The van der Waals surface area contributed by atoms with Crippen molar-refractivity contribution in [3.8, 4) is 5.75 Å². The van der Waals surface area contributed by atoms with Gasteiger partial charge in [-0.05, 0) is 30.3 Å². The average molecular weight is 312 g/mol. The number of halogens is 3. The first-order chi connectivity index (χ1) is 10.1. The van der Waals surface area contributed by atoms with Gasteiger partial charge in [0.15, 0.2) is 0 Å². The van der Waals surface area contributed by atoms with Crippen LogP contribution in [0.2, 0.25) is 5.02 Å². The smallest absolute Gasteiger partial charge is 0.131 e. The molecular formula is C16H16ClF2NO. The van der Waals surface area contributed by atoms with Gasteiger partial charge in [0.2, 0.25) is 0 Å². The Labute approximate surface area is 127 Å². The minimum absolute atomic E-state index is 0.352. The van der Waals surface area contributed by atoms with Crippen LogP contribution in [0.25, 0.3) is 0 Å². The van der Waals surface area contributed by atoms with E-state index >= 15 is 0 Å². The van der Waals surface area contributed by atoms with Gasteiger partial charge in [0.05, 0.1) is 13.2 Å². The third kappa shape index (κ3) is 3.52. The molecule has 0 bridgehead atoms. The Bertz CT molecular complexity index is 634. The van der Waals surface area contributed by atoms with Gasteiger partial charge in [-0.3, -0.25) is 0 Å². The fraction of sp³-hybridized carbons (Fsp3) is 0.250. The molecule has 112 valence electrons. The molecule has 5 heteroatoms. The van der Waals surface area contributed by atoms with Crippen LogP contribution in [0.5, 0.6) is 5.75 Å². The summed E-state index contributed by atoms with van der Waals surface area (Å²) in [7, 11) is 1.55. The number of rotatable bonds is 5. The van der Waals surface area contributed by atoms with E-state index in [4.69, 9.17) is 16.3 Å². The van der Waals surface area contributed by atoms with Crippen molar-refractivity contribution in [1.29, 1.82) is 0 Å². The first-order valence-electron chi connectivity index (χ1n) is 6.58. The van der Waals surface area contributed by atoms with Crippen LogP contribution < -0.4 is 10.1 Å². The predicted molar refractivity (Wildman–Crippen MR) is 79.9 cm³/mol. The highest BCUT2D eigenvalue weighted by molar-refractivity contribution is 6.31. The molecule has 0 amide bonds. The van der Waals surface area contributed by atoms with E-state index in [2.05, 4.69) is 5.32 Å². The SMILES string of the molecule is CCNC(c1ccc(F)cc1F)c1ccc(OC)cc1Cl.